The van der Waals surface area contributed by atoms with E-state index >= 15 is 0 Å². The van der Waals surface area contributed by atoms with Gasteiger partial charge in [0.15, 0.2) is 5.76 Å². The second-order valence-electron chi connectivity index (χ2n) is 7.96. The van der Waals surface area contributed by atoms with Crippen LogP contribution in [0.3, 0.4) is 0 Å². The number of thiophene rings is 1. The fraction of sp³-hybridized carbons (Fsp3) is 0.333. The van der Waals surface area contributed by atoms with Gasteiger partial charge in [-0.15, -0.1) is 11.3 Å². The topological polar surface area (TPSA) is 53.8 Å². The minimum absolute atomic E-state index is 0.0511. The molecule has 4 heterocycles. The molecule has 2 amide bonds. The van der Waals surface area contributed by atoms with Crippen molar-refractivity contribution in [2.24, 2.45) is 5.92 Å². The molecule has 2 aliphatic heterocycles. The van der Waals surface area contributed by atoms with Gasteiger partial charge in [0.1, 0.15) is 0 Å². The largest absolute Gasteiger partial charge is 0.459 e. The molecule has 5 nitrogen and oxygen atoms in total. The average Bonchev–Trinajstić information content (AvgIpc) is 3.50. The summed E-state index contributed by atoms with van der Waals surface area (Å²) < 4.78 is 5.28. The molecule has 2 aromatic heterocycles. The zero-order valence-corrected chi connectivity index (χ0v) is 17.5. The molecule has 1 fully saturated rings. The number of carbonyl (C=O) groups is 2. The van der Waals surface area contributed by atoms with Crippen LogP contribution >= 0.6 is 11.3 Å². The van der Waals surface area contributed by atoms with E-state index in [1.54, 1.807) is 28.4 Å². The van der Waals surface area contributed by atoms with Gasteiger partial charge in [-0.25, -0.2) is 0 Å². The third-order valence-electron chi connectivity index (χ3n) is 6.15. The van der Waals surface area contributed by atoms with E-state index in [0.29, 0.717) is 25.4 Å². The SMILES string of the molecule is O=C(c1ccco1)N1CCC[C@H](C(=O)N2CCc3sccc3[C@H]2c2ccccc2)C1. The number of fused-ring (bicyclic) bond motifs is 1. The molecule has 0 saturated carbocycles. The van der Waals surface area contributed by atoms with Crippen LogP contribution in [0.15, 0.2) is 64.6 Å². The van der Waals surface area contributed by atoms with Crippen LogP contribution in [0.25, 0.3) is 0 Å². The predicted molar refractivity (Wildman–Crippen MR) is 115 cm³/mol. The summed E-state index contributed by atoms with van der Waals surface area (Å²) >= 11 is 1.77. The van der Waals surface area contributed by atoms with Gasteiger partial charge in [-0.05, 0) is 54.0 Å². The van der Waals surface area contributed by atoms with Crippen LogP contribution in [0.2, 0.25) is 0 Å². The first kappa shape index (κ1) is 19.1. The van der Waals surface area contributed by atoms with Crippen LogP contribution in [0.1, 0.15) is 45.4 Å². The lowest BCUT2D eigenvalue weighted by Crippen LogP contribution is -2.49. The Labute approximate surface area is 179 Å². The van der Waals surface area contributed by atoms with Crippen molar-refractivity contribution in [3.05, 3.63) is 81.9 Å². The van der Waals surface area contributed by atoms with Gasteiger partial charge in [0.25, 0.3) is 5.91 Å². The summed E-state index contributed by atoms with van der Waals surface area (Å²) in [6.07, 6.45) is 4.05. The van der Waals surface area contributed by atoms with Crippen molar-refractivity contribution >= 4 is 23.2 Å². The number of furan rings is 1. The van der Waals surface area contributed by atoms with E-state index in [0.717, 1.165) is 24.8 Å². The van der Waals surface area contributed by atoms with Crippen LogP contribution in [-0.2, 0) is 11.2 Å². The summed E-state index contributed by atoms with van der Waals surface area (Å²) in [7, 11) is 0. The first-order chi connectivity index (χ1) is 14.7. The minimum atomic E-state index is -0.177. The molecule has 0 spiro atoms. The van der Waals surface area contributed by atoms with E-state index in [-0.39, 0.29) is 23.8 Å². The molecule has 154 valence electrons. The van der Waals surface area contributed by atoms with Crippen molar-refractivity contribution < 1.29 is 14.0 Å². The quantitative estimate of drug-likeness (QED) is 0.632. The Balaban J connectivity index is 1.40. The Kier molecular flexibility index (Phi) is 5.17. The third kappa shape index (κ3) is 3.45. The highest BCUT2D eigenvalue weighted by molar-refractivity contribution is 7.10. The lowest BCUT2D eigenvalue weighted by Gasteiger charge is -2.40. The van der Waals surface area contributed by atoms with Crippen molar-refractivity contribution in [2.45, 2.75) is 25.3 Å². The molecule has 30 heavy (non-hydrogen) atoms. The van der Waals surface area contributed by atoms with E-state index in [4.69, 9.17) is 4.42 Å². The fourth-order valence-corrected chi connectivity index (χ4v) is 5.61. The maximum Gasteiger partial charge on any atom is 0.289 e. The summed E-state index contributed by atoms with van der Waals surface area (Å²) in [5.74, 6) is 0.184. The molecule has 1 saturated heterocycles. The van der Waals surface area contributed by atoms with Crippen molar-refractivity contribution in [2.75, 3.05) is 19.6 Å². The van der Waals surface area contributed by atoms with Crippen LogP contribution < -0.4 is 0 Å². The van der Waals surface area contributed by atoms with Gasteiger partial charge in [-0.3, -0.25) is 9.59 Å². The number of amides is 2. The van der Waals surface area contributed by atoms with Crippen LogP contribution in [0, 0.1) is 5.92 Å². The molecular weight excluding hydrogens is 396 g/mol. The Morgan fingerprint density at radius 1 is 1.03 bits per heavy atom. The average molecular weight is 421 g/mol. The maximum absolute atomic E-state index is 13.7. The van der Waals surface area contributed by atoms with Crippen molar-refractivity contribution in [3.63, 3.8) is 0 Å². The molecule has 1 aromatic carbocycles. The molecule has 6 heteroatoms. The Bertz CT molecular complexity index is 1030. The summed E-state index contributed by atoms with van der Waals surface area (Å²) in [6, 6.07) is 15.8. The highest BCUT2D eigenvalue weighted by Crippen LogP contribution is 2.39. The number of benzene rings is 1. The van der Waals surface area contributed by atoms with Crippen LogP contribution in [0.5, 0.6) is 0 Å². The summed E-state index contributed by atoms with van der Waals surface area (Å²) in [6.45, 7) is 1.83. The number of likely N-dealkylation sites (tertiary alicyclic amines) is 1. The molecule has 5 rings (SSSR count). The van der Waals surface area contributed by atoms with E-state index in [1.165, 1.54) is 16.7 Å². The number of hydrogen-bond donors (Lipinski definition) is 0. The summed E-state index contributed by atoms with van der Waals surface area (Å²) in [5.41, 5.74) is 2.38. The lowest BCUT2D eigenvalue weighted by molar-refractivity contribution is -0.139. The van der Waals surface area contributed by atoms with E-state index in [2.05, 4.69) is 23.6 Å². The second kappa shape index (κ2) is 8.11. The van der Waals surface area contributed by atoms with Gasteiger partial charge in [0, 0.05) is 24.5 Å². The molecule has 0 unspecified atom stereocenters. The molecule has 3 aromatic rings. The van der Waals surface area contributed by atoms with Gasteiger partial charge < -0.3 is 14.2 Å². The molecule has 2 atom stereocenters. The molecule has 0 aliphatic carbocycles. The summed E-state index contributed by atoms with van der Waals surface area (Å²) in [5, 5.41) is 2.12. The monoisotopic (exact) mass is 420 g/mol. The Hall–Kier alpha value is -2.86. The molecule has 2 aliphatic rings. The zero-order valence-electron chi connectivity index (χ0n) is 16.7. The molecule has 0 radical (unpaired) electrons. The van der Waals surface area contributed by atoms with Gasteiger partial charge >= 0.3 is 0 Å². The Morgan fingerprint density at radius 2 is 1.90 bits per heavy atom. The number of nitrogens with zero attached hydrogens (tertiary/aromatic N) is 2. The fourth-order valence-electron chi connectivity index (χ4n) is 4.70. The predicted octanol–water partition coefficient (Wildman–Crippen LogP) is 4.37. The van der Waals surface area contributed by atoms with Crippen molar-refractivity contribution in [1.29, 1.82) is 0 Å². The first-order valence-electron chi connectivity index (χ1n) is 10.5. The van der Waals surface area contributed by atoms with Gasteiger partial charge in [0.2, 0.25) is 5.91 Å². The standard InChI is InChI=1S/C24H24N2O3S/c27-23(18-8-4-12-25(16-18)24(28)20-9-5-14-29-20)26-13-10-21-19(11-15-30-21)22(26)17-6-2-1-3-7-17/h1-3,5-7,9,11,14-15,18,22H,4,8,10,12-13,16H2/t18-,22+/m0/s1. The maximum atomic E-state index is 13.7. The Morgan fingerprint density at radius 3 is 2.70 bits per heavy atom. The van der Waals surface area contributed by atoms with Crippen LogP contribution in [0.4, 0.5) is 0 Å². The van der Waals surface area contributed by atoms with Crippen molar-refractivity contribution in [1.82, 2.24) is 9.80 Å². The number of hydrogen-bond acceptors (Lipinski definition) is 4. The molecule has 0 bridgehead atoms. The third-order valence-corrected chi connectivity index (χ3v) is 7.15. The zero-order chi connectivity index (χ0) is 20.5. The highest BCUT2D eigenvalue weighted by atomic mass is 32.1. The van der Waals surface area contributed by atoms with E-state index in [1.807, 2.05) is 23.1 Å². The smallest absolute Gasteiger partial charge is 0.289 e. The lowest BCUT2D eigenvalue weighted by atomic mass is 9.90. The number of piperidine rings is 1. The van der Waals surface area contributed by atoms with E-state index in [9.17, 15) is 9.59 Å². The molecule has 0 N–H and O–H groups in total. The van der Waals surface area contributed by atoms with Gasteiger partial charge in [0.05, 0.1) is 18.2 Å². The van der Waals surface area contributed by atoms with E-state index < -0.39 is 0 Å². The van der Waals surface area contributed by atoms with Gasteiger partial charge in [-0.1, -0.05) is 30.3 Å². The molecular formula is C24H24N2O3S. The first-order valence-corrected chi connectivity index (χ1v) is 11.3. The van der Waals surface area contributed by atoms with Gasteiger partial charge in [-0.2, -0.15) is 0 Å². The number of rotatable bonds is 3. The second-order valence-corrected chi connectivity index (χ2v) is 8.96. The normalized spacial score (nSPS) is 21.3. The highest BCUT2D eigenvalue weighted by Gasteiger charge is 2.38. The number of carbonyl (C=O) groups excluding carboxylic acids is 2. The van der Waals surface area contributed by atoms with Crippen LogP contribution in [-0.4, -0.2) is 41.2 Å². The van der Waals surface area contributed by atoms with Crippen molar-refractivity contribution in [3.8, 4) is 0 Å². The summed E-state index contributed by atoms with van der Waals surface area (Å²) in [4.78, 5) is 31.6. The minimum Gasteiger partial charge on any atom is -0.459 e.